The summed E-state index contributed by atoms with van der Waals surface area (Å²) in [6, 6.07) is 2.82. The number of rotatable bonds is 3. The topological polar surface area (TPSA) is 37.3 Å². The Balaban J connectivity index is 3.26. The van der Waals surface area contributed by atoms with Gasteiger partial charge in [0.1, 0.15) is 12.1 Å². The van der Waals surface area contributed by atoms with Crippen LogP contribution in [0.4, 0.5) is 4.39 Å². The summed E-state index contributed by atoms with van der Waals surface area (Å²) in [4.78, 5) is 10.7. The molecule has 1 aromatic rings. The van der Waals surface area contributed by atoms with Gasteiger partial charge in [0, 0.05) is 18.1 Å². The molecule has 0 heterocycles. The highest BCUT2D eigenvalue weighted by molar-refractivity contribution is 5.77. The zero-order valence-electron chi connectivity index (χ0n) is 8.25. The van der Waals surface area contributed by atoms with Crippen LogP contribution in [-0.4, -0.2) is 18.0 Å². The molecule has 0 saturated carbocycles. The van der Waals surface area contributed by atoms with Crippen LogP contribution in [0.15, 0.2) is 12.1 Å². The highest BCUT2D eigenvalue weighted by Gasteiger charge is 2.12. The number of aliphatic hydroxyl groups is 1. The van der Waals surface area contributed by atoms with Gasteiger partial charge in [-0.15, -0.1) is 0 Å². The molecule has 1 unspecified atom stereocenters. The molecular formula is C11H13FO2. The molecule has 0 aliphatic carbocycles. The number of aryl methyl sites for hydroxylation is 1. The predicted octanol–water partition coefficient (Wildman–Crippen LogP) is 2.04. The molecule has 0 saturated heterocycles. The second kappa shape index (κ2) is 4.33. The van der Waals surface area contributed by atoms with E-state index in [2.05, 4.69) is 0 Å². The number of hydrogen-bond donors (Lipinski definition) is 1. The maximum atomic E-state index is 13.1. The van der Waals surface area contributed by atoms with Crippen LogP contribution in [0.3, 0.4) is 0 Å². The summed E-state index contributed by atoms with van der Waals surface area (Å²) < 4.78 is 13.1. The van der Waals surface area contributed by atoms with Crippen LogP contribution in [0.25, 0.3) is 0 Å². The number of benzene rings is 1. The van der Waals surface area contributed by atoms with Crippen LogP contribution in [0.5, 0.6) is 0 Å². The molecule has 0 bridgehead atoms. The molecule has 0 fully saturated rings. The summed E-state index contributed by atoms with van der Waals surface area (Å²) in [7, 11) is 0. The van der Waals surface area contributed by atoms with E-state index in [1.807, 2.05) is 0 Å². The molecule has 1 aromatic carbocycles. The highest BCUT2D eigenvalue weighted by Crippen LogP contribution is 2.21. The zero-order valence-corrected chi connectivity index (χ0v) is 8.25. The van der Waals surface area contributed by atoms with Crippen molar-refractivity contribution in [3.8, 4) is 0 Å². The van der Waals surface area contributed by atoms with Crippen molar-refractivity contribution in [2.45, 2.75) is 19.8 Å². The molecule has 0 spiro atoms. The second-order valence-electron chi connectivity index (χ2n) is 3.43. The molecule has 0 aromatic heterocycles. The average molecular weight is 196 g/mol. The van der Waals surface area contributed by atoms with Crippen molar-refractivity contribution in [1.82, 2.24) is 0 Å². The Morgan fingerprint density at radius 1 is 1.57 bits per heavy atom. The first-order valence-electron chi connectivity index (χ1n) is 4.46. The second-order valence-corrected chi connectivity index (χ2v) is 3.43. The number of carbonyl (C=O) groups excluding carboxylic acids is 1. The molecule has 2 nitrogen and oxygen atoms in total. The standard InChI is InChI=1S/C11H13FO2/c1-7-3-10(8(2)5-13)9(6-14)4-11(7)12/h3-4,6,8,13H,5H2,1-2H3. The van der Waals surface area contributed by atoms with Crippen molar-refractivity contribution in [1.29, 1.82) is 0 Å². The largest absolute Gasteiger partial charge is 0.396 e. The zero-order chi connectivity index (χ0) is 10.7. The maximum absolute atomic E-state index is 13.1. The lowest BCUT2D eigenvalue weighted by molar-refractivity contribution is 0.112. The van der Waals surface area contributed by atoms with Gasteiger partial charge in [-0.05, 0) is 24.1 Å². The van der Waals surface area contributed by atoms with E-state index < -0.39 is 0 Å². The smallest absolute Gasteiger partial charge is 0.150 e. The molecule has 0 radical (unpaired) electrons. The Hall–Kier alpha value is -1.22. The Labute approximate surface area is 82.4 Å². The van der Waals surface area contributed by atoms with Crippen molar-refractivity contribution < 1.29 is 14.3 Å². The lowest BCUT2D eigenvalue weighted by Gasteiger charge is -2.12. The predicted molar refractivity (Wildman–Crippen MR) is 52.0 cm³/mol. The summed E-state index contributed by atoms with van der Waals surface area (Å²) in [5.41, 5.74) is 1.50. The van der Waals surface area contributed by atoms with E-state index >= 15 is 0 Å². The lowest BCUT2D eigenvalue weighted by Crippen LogP contribution is -2.04. The van der Waals surface area contributed by atoms with Crippen LogP contribution >= 0.6 is 0 Å². The number of aliphatic hydroxyl groups excluding tert-OH is 1. The van der Waals surface area contributed by atoms with Crippen molar-refractivity contribution in [2.75, 3.05) is 6.61 Å². The van der Waals surface area contributed by atoms with Crippen LogP contribution in [0, 0.1) is 12.7 Å². The van der Waals surface area contributed by atoms with Gasteiger partial charge in [0.25, 0.3) is 0 Å². The van der Waals surface area contributed by atoms with Crippen molar-refractivity contribution in [2.24, 2.45) is 0 Å². The molecule has 1 N–H and O–H groups in total. The number of hydrogen-bond acceptors (Lipinski definition) is 2. The van der Waals surface area contributed by atoms with E-state index in [-0.39, 0.29) is 18.3 Å². The molecular weight excluding hydrogens is 183 g/mol. The first-order chi connectivity index (χ1) is 6.60. The normalized spacial score (nSPS) is 12.6. The van der Waals surface area contributed by atoms with Gasteiger partial charge in [0.05, 0.1) is 0 Å². The number of aldehydes is 1. The van der Waals surface area contributed by atoms with E-state index in [0.29, 0.717) is 23.0 Å². The van der Waals surface area contributed by atoms with Gasteiger partial charge in [0.2, 0.25) is 0 Å². The van der Waals surface area contributed by atoms with Gasteiger partial charge in [-0.3, -0.25) is 4.79 Å². The third-order valence-corrected chi connectivity index (χ3v) is 2.30. The number of halogens is 1. The van der Waals surface area contributed by atoms with Crippen LogP contribution in [0.2, 0.25) is 0 Å². The average Bonchev–Trinajstić information content (AvgIpc) is 2.20. The Bertz CT molecular complexity index is 347. The van der Waals surface area contributed by atoms with Gasteiger partial charge in [-0.25, -0.2) is 4.39 Å². The van der Waals surface area contributed by atoms with E-state index in [0.717, 1.165) is 0 Å². The fraction of sp³-hybridized carbons (Fsp3) is 0.364. The Morgan fingerprint density at radius 3 is 2.71 bits per heavy atom. The first kappa shape index (κ1) is 10.9. The van der Waals surface area contributed by atoms with Gasteiger partial charge in [0.15, 0.2) is 0 Å². The van der Waals surface area contributed by atoms with Gasteiger partial charge in [-0.1, -0.05) is 13.0 Å². The number of carbonyl (C=O) groups is 1. The molecule has 14 heavy (non-hydrogen) atoms. The Kier molecular flexibility index (Phi) is 3.36. The summed E-state index contributed by atoms with van der Waals surface area (Å²) >= 11 is 0. The minimum atomic E-state index is -0.388. The summed E-state index contributed by atoms with van der Waals surface area (Å²) in [6.45, 7) is 3.38. The molecule has 76 valence electrons. The van der Waals surface area contributed by atoms with Gasteiger partial charge >= 0.3 is 0 Å². The van der Waals surface area contributed by atoms with Gasteiger partial charge in [-0.2, -0.15) is 0 Å². The molecule has 0 aliphatic heterocycles. The van der Waals surface area contributed by atoms with Crippen molar-refractivity contribution in [3.05, 3.63) is 34.6 Å². The molecule has 1 rings (SSSR count). The molecule has 0 aliphatic rings. The highest BCUT2D eigenvalue weighted by atomic mass is 19.1. The van der Waals surface area contributed by atoms with Crippen LogP contribution in [0.1, 0.15) is 34.3 Å². The molecule has 0 amide bonds. The minimum absolute atomic E-state index is 0.0497. The fourth-order valence-electron chi connectivity index (χ4n) is 1.35. The Morgan fingerprint density at radius 2 is 2.21 bits per heavy atom. The third kappa shape index (κ3) is 1.99. The lowest BCUT2D eigenvalue weighted by atomic mass is 9.95. The summed E-state index contributed by atoms with van der Waals surface area (Å²) in [5.74, 6) is -0.532. The summed E-state index contributed by atoms with van der Waals surface area (Å²) in [6.07, 6.45) is 0.615. The monoisotopic (exact) mass is 196 g/mol. The van der Waals surface area contributed by atoms with E-state index in [1.54, 1.807) is 19.9 Å². The third-order valence-electron chi connectivity index (χ3n) is 2.30. The maximum Gasteiger partial charge on any atom is 0.150 e. The minimum Gasteiger partial charge on any atom is -0.396 e. The van der Waals surface area contributed by atoms with Crippen LogP contribution < -0.4 is 0 Å². The van der Waals surface area contributed by atoms with E-state index in [1.165, 1.54) is 6.07 Å². The quantitative estimate of drug-likeness (QED) is 0.751. The van der Waals surface area contributed by atoms with Crippen molar-refractivity contribution in [3.63, 3.8) is 0 Å². The first-order valence-corrected chi connectivity index (χ1v) is 4.46. The van der Waals surface area contributed by atoms with Gasteiger partial charge < -0.3 is 5.11 Å². The van der Waals surface area contributed by atoms with E-state index in [4.69, 9.17) is 5.11 Å². The molecule has 1 atom stereocenters. The molecule has 3 heteroatoms. The van der Waals surface area contributed by atoms with Crippen LogP contribution in [-0.2, 0) is 0 Å². The summed E-state index contributed by atoms with van der Waals surface area (Å²) in [5, 5.41) is 8.96. The SMILES string of the molecule is Cc1cc(C(C)CO)c(C=O)cc1F. The van der Waals surface area contributed by atoms with Crippen molar-refractivity contribution >= 4 is 6.29 Å². The fourth-order valence-corrected chi connectivity index (χ4v) is 1.35. The van der Waals surface area contributed by atoms with E-state index in [9.17, 15) is 9.18 Å².